The van der Waals surface area contributed by atoms with E-state index in [1.165, 1.54) is 24.4 Å². The SMILES string of the molecule is CNCCN(C)c1ccc(C(F)(F)F)c(C(=O)c2cccnc2N)n1.[HH].[HH]. The smallest absolute Gasteiger partial charge is 0.383 e. The quantitative estimate of drug-likeness (QED) is 0.773. The van der Waals surface area contributed by atoms with Gasteiger partial charge in [-0.3, -0.25) is 4.79 Å². The standard InChI is InChI=1S/C16H18F3N5O.2H2/c1-21-8-9-24(2)12-6-5-11(16(17,18)19)13(23-12)14(25)10-4-3-7-22-15(10)20;;/h3-7,21H,8-9H2,1-2H3,(H2,20,22);2*1H. The van der Waals surface area contributed by atoms with E-state index in [2.05, 4.69) is 15.3 Å². The fraction of sp³-hybridized carbons (Fsp3) is 0.312. The fourth-order valence-electron chi connectivity index (χ4n) is 2.19. The van der Waals surface area contributed by atoms with E-state index in [4.69, 9.17) is 5.73 Å². The van der Waals surface area contributed by atoms with Crippen molar-refractivity contribution in [3.63, 3.8) is 0 Å². The summed E-state index contributed by atoms with van der Waals surface area (Å²) in [5.74, 6) is -0.799. The van der Waals surface area contributed by atoms with Crippen LogP contribution in [0, 0.1) is 0 Å². The minimum absolute atomic E-state index is 0. The van der Waals surface area contributed by atoms with Crippen molar-refractivity contribution in [2.45, 2.75) is 6.18 Å². The maximum atomic E-state index is 13.3. The van der Waals surface area contributed by atoms with Gasteiger partial charge in [0.1, 0.15) is 17.3 Å². The van der Waals surface area contributed by atoms with Crippen LogP contribution < -0.4 is 16.0 Å². The summed E-state index contributed by atoms with van der Waals surface area (Å²) < 4.78 is 39.9. The Morgan fingerprint density at radius 2 is 2.08 bits per heavy atom. The van der Waals surface area contributed by atoms with E-state index in [9.17, 15) is 18.0 Å². The van der Waals surface area contributed by atoms with Crippen LogP contribution in [-0.4, -0.2) is 42.9 Å². The normalized spacial score (nSPS) is 11.4. The predicted molar refractivity (Wildman–Crippen MR) is 92.7 cm³/mol. The summed E-state index contributed by atoms with van der Waals surface area (Å²) in [6, 6.07) is 4.85. The van der Waals surface area contributed by atoms with E-state index in [1.54, 1.807) is 19.0 Å². The topological polar surface area (TPSA) is 84.1 Å². The zero-order valence-electron chi connectivity index (χ0n) is 13.8. The van der Waals surface area contributed by atoms with Crippen LogP contribution in [0.15, 0.2) is 30.5 Å². The first-order chi connectivity index (χ1) is 11.8. The van der Waals surface area contributed by atoms with Gasteiger partial charge in [0, 0.05) is 29.2 Å². The van der Waals surface area contributed by atoms with Crippen molar-refractivity contribution >= 4 is 17.4 Å². The van der Waals surface area contributed by atoms with Crippen molar-refractivity contribution in [2.24, 2.45) is 0 Å². The van der Waals surface area contributed by atoms with Crippen LogP contribution in [0.4, 0.5) is 24.8 Å². The van der Waals surface area contributed by atoms with E-state index < -0.39 is 23.2 Å². The highest BCUT2D eigenvalue weighted by molar-refractivity contribution is 6.11. The molecule has 2 rings (SSSR count). The number of hydrogen-bond acceptors (Lipinski definition) is 6. The molecule has 2 aromatic heterocycles. The summed E-state index contributed by atoms with van der Waals surface area (Å²) in [6.07, 6.45) is -3.36. The summed E-state index contributed by atoms with van der Waals surface area (Å²) in [5.41, 5.74) is 3.71. The molecule has 138 valence electrons. The van der Waals surface area contributed by atoms with Gasteiger partial charge in [-0.25, -0.2) is 9.97 Å². The number of carbonyl (C=O) groups excluding carboxylic acids is 1. The van der Waals surface area contributed by atoms with Crippen LogP contribution in [0.3, 0.4) is 0 Å². The number of nitrogens with two attached hydrogens (primary N) is 1. The first-order valence-corrected chi connectivity index (χ1v) is 7.45. The molecule has 0 aliphatic rings. The number of aromatic nitrogens is 2. The average molecular weight is 357 g/mol. The van der Waals surface area contributed by atoms with Crippen molar-refractivity contribution in [3.05, 3.63) is 47.3 Å². The number of nitrogens with one attached hydrogen (secondary N) is 1. The fourth-order valence-corrected chi connectivity index (χ4v) is 2.19. The Hall–Kier alpha value is -2.68. The monoisotopic (exact) mass is 357 g/mol. The number of ketones is 1. The number of halogens is 3. The van der Waals surface area contributed by atoms with Crippen LogP contribution in [0.25, 0.3) is 0 Å². The molecule has 0 unspecified atom stereocenters. The lowest BCUT2D eigenvalue weighted by Gasteiger charge is -2.20. The molecule has 0 aromatic carbocycles. The van der Waals surface area contributed by atoms with Crippen LogP contribution >= 0.6 is 0 Å². The summed E-state index contributed by atoms with van der Waals surface area (Å²) in [6.45, 7) is 1.12. The molecule has 2 aromatic rings. The van der Waals surface area contributed by atoms with E-state index in [-0.39, 0.29) is 20.1 Å². The number of nitrogen functional groups attached to an aromatic ring is 1. The van der Waals surface area contributed by atoms with Gasteiger partial charge in [0.15, 0.2) is 0 Å². The highest BCUT2D eigenvalue weighted by atomic mass is 19.4. The van der Waals surface area contributed by atoms with Crippen molar-refractivity contribution in [2.75, 3.05) is 37.8 Å². The lowest BCUT2D eigenvalue weighted by atomic mass is 10.0. The highest BCUT2D eigenvalue weighted by Crippen LogP contribution is 2.33. The number of carbonyl (C=O) groups is 1. The second-order valence-electron chi connectivity index (χ2n) is 5.35. The van der Waals surface area contributed by atoms with Gasteiger partial charge in [-0.1, -0.05) is 0 Å². The van der Waals surface area contributed by atoms with Crippen molar-refractivity contribution in [3.8, 4) is 0 Å². The molecule has 0 amide bonds. The van der Waals surface area contributed by atoms with E-state index in [0.29, 0.717) is 13.1 Å². The van der Waals surface area contributed by atoms with Gasteiger partial charge in [-0.2, -0.15) is 13.2 Å². The minimum Gasteiger partial charge on any atom is -0.383 e. The van der Waals surface area contributed by atoms with Gasteiger partial charge >= 0.3 is 6.18 Å². The van der Waals surface area contributed by atoms with E-state index >= 15 is 0 Å². The predicted octanol–water partition coefficient (Wildman–Crippen LogP) is 2.46. The highest BCUT2D eigenvalue weighted by Gasteiger charge is 2.37. The molecule has 9 heteroatoms. The molecule has 0 atom stereocenters. The van der Waals surface area contributed by atoms with Crippen molar-refractivity contribution < 1.29 is 20.8 Å². The summed E-state index contributed by atoms with van der Waals surface area (Å²) in [7, 11) is 3.44. The molecule has 0 bridgehead atoms. The van der Waals surface area contributed by atoms with Gasteiger partial charge < -0.3 is 16.0 Å². The minimum atomic E-state index is -4.71. The molecule has 0 saturated heterocycles. The molecular formula is C16H22F3N5O. The number of anilines is 2. The molecule has 3 N–H and O–H groups in total. The van der Waals surface area contributed by atoms with Gasteiger partial charge in [0.2, 0.25) is 5.78 Å². The van der Waals surface area contributed by atoms with Gasteiger partial charge in [-0.15, -0.1) is 0 Å². The number of alkyl halides is 3. The lowest BCUT2D eigenvalue weighted by molar-refractivity contribution is -0.138. The van der Waals surface area contributed by atoms with Crippen molar-refractivity contribution in [1.82, 2.24) is 15.3 Å². The molecule has 0 aliphatic carbocycles. The van der Waals surface area contributed by atoms with E-state index in [1.807, 2.05) is 0 Å². The number of hydrogen-bond donors (Lipinski definition) is 2. The Labute approximate surface area is 145 Å². The van der Waals surface area contributed by atoms with Crippen LogP contribution in [-0.2, 0) is 6.18 Å². The number of likely N-dealkylation sites (N-methyl/N-ethyl adjacent to an activating group) is 2. The maximum absolute atomic E-state index is 13.3. The summed E-state index contributed by atoms with van der Waals surface area (Å²) in [5, 5.41) is 2.93. The van der Waals surface area contributed by atoms with Crippen LogP contribution in [0.1, 0.15) is 24.5 Å². The van der Waals surface area contributed by atoms with E-state index in [0.717, 1.165) is 6.07 Å². The zero-order valence-corrected chi connectivity index (χ0v) is 13.8. The molecule has 0 saturated carbocycles. The van der Waals surface area contributed by atoms with Crippen molar-refractivity contribution in [1.29, 1.82) is 0 Å². The Kier molecular flexibility index (Phi) is 5.58. The second-order valence-corrected chi connectivity index (χ2v) is 5.35. The van der Waals surface area contributed by atoms with Gasteiger partial charge in [0.05, 0.1) is 11.1 Å². The lowest BCUT2D eigenvalue weighted by Crippen LogP contribution is -2.28. The average Bonchev–Trinajstić information content (AvgIpc) is 2.58. The van der Waals surface area contributed by atoms with Crippen LogP contribution in [0.2, 0.25) is 0 Å². The summed E-state index contributed by atoms with van der Waals surface area (Å²) >= 11 is 0. The van der Waals surface area contributed by atoms with Gasteiger partial charge in [0.25, 0.3) is 0 Å². The molecule has 0 fully saturated rings. The number of nitrogens with zero attached hydrogens (tertiary/aromatic N) is 3. The summed E-state index contributed by atoms with van der Waals surface area (Å²) in [4.78, 5) is 22.0. The first kappa shape index (κ1) is 18.7. The zero-order chi connectivity index (χ0) is 18.6. The van der Waals surface area contributed by atoms with Gasteiger partial charge in [-0.05, 0) is 31.3 Å². The molecule has 6 nitrogen and oxygen atoms in total. The number of pyridine rings is 2. The Bertz CT molecular complexity index is 774. The molecule has 2 heterocycles. The third-order valence-corrected chi connectivity index (χ3v) is 3.57. The van der Waals surface area contributed by atoms with Crippen LogP contribution in [0.5, 0.6) is 0 Å². The largest absolute Gasteiger partial charge is 0.418 e. The molecule has 25 heavy (non-hydrogen) atoms. The number of rotatable bonds is 6. The second kappa shape index (κ2) is 7.47. The Morgan fingerprint density at radius 1 is 1.36 bits per heavy atom. The molecule has 0 spiro atoms. The Balaban J connectivity index is 0.00000338. The molecule has 0 radical (unpaired) electrons. The Morgan fingerprint density at radius 3 is 2.68 bits per heavy atom. The first-order valence-electron chi connectivity index (χ1n) is 7.45. The third-order valence-electron chi connectivity index (χ3n) is 3.57. The molecular weight excluding hydrogens is 335 g/mol. The third kappa shape index (κ3) is 4.24. The maximum Gasteiger partial charge on any atom is 0.418 e. The molecule has 0 aliphatic heterocycles.